The SMILES string of the molecule is COc1cc(CN2CC3CCCC(C2)C3N2CCOCC2)cc(OC)c1.Cl.Cl. The molecule has 2 aliphatic heterocycles. The molecular formula is C21H34Cl2N2O3. The minimum Gasteiger partial charge on any atom is -0.497 e. The average molecular weight is 433 g/mol. The summed E-state index contributed by atoms with van der Waals surface area (Å²) in [7, 11) is 3.44. The smallest absolute Gasteiger partial charge is 0.122 e. The van der Waals surface area contributed by atoms with Crippen LogP contribution >= 0.6 is 24.8 Å². The van der Waals surface area contributed by atoms with Gasteiger partial charge >= 0.3 is 0 Å². The average Bonchev–Trinajstić information content (AvgIpc) is 2.67. The molecule has 0 amide bonds. The molecule has 0 radical (unpaired) electrons. The van der Waals surface area contributed by atoms with Crippen LogP contribution in [0.5, 0.6) is 11.5 Å². The molecule has 28 heavy (non-hydrogen) atoms. The summed E-state index contributed by atoms with van der Waals surface area (Å²) in [6.07, 6.45) is 4.14. The summed E-state index contributed by atoms with van der Waals surface area (Å²) in [5.74, 6) is 3.35. The number of benzene rings is 1. The van der Waals surface area contributed by atoms with Gasteiger partial charge in [-0.2, -0.15) is 0 Å². The van der Waals surface area contributed by atoms with Crippen molar-refractivity contribution in [3.63, 3.8) is 0 Å². The quantitative estimate of drug-likeness (QED) is 0.711. The predicted octanol–water partition coefficient (Wildman–Crippen LogP) is 3.48. The number of ether oxygens (including phenoxy) is 3. The number of likely N-dealkylation sites (tertiary alicyclic amines) is 1. The highest BCUT2D eigenvalue weighted by molar-refractivity contribution is 5.85. The largest absolute Gasteiger partial charge is 0.497 e. The van der Waals surface area contributed by atoms with Gasteiger partial charge in [0.15, 0.2) is 0 Å². The first-order valence-electron chi connectivity index (χ1n) is 10.0. The Hall–Kier alpha value is -0.720. The van der Waals surface area contributed by atoms with Crippen LogP contribution in [0.25, 0.3) is 0 Å². The number of hydrogen-bond acceptors (Lipinski definition) is 5. The Morgan fingerprint density at radius 2 is 1.50 bits per heavy atom. The van der Waals surface area contributed by atoms with E-state index in [0.29, 0.717) is 0 Å². The summed E-state index contributed by atoms with van der Waals surface area (Å²) in [5, 5.41) is 0. The van der Waals surface area contributed by atoms with Crippen molar-refractivity contribution in [2.45, 2.75) is 31.8 Å². The number of rotatable bonds is 5. The molecule has 0 aromatic heterocycles. The second-order valence-electron chi connectivity index (χ2n) is 8.00. The van der Waals surface area contributed by atoms with Crippen LogP contribution in [0, 0.1) is 11.8 Å². The van der Waals surface area contributed by atoms with Crippen molar-refractivity contribution in [3.8, 4) is 11.5 Å². The molecule has 1 aliphatic carbocycles. The number of hydrogen-bond donors (Lipinski definition) is 0. The van der Waals surface area contributed by atoms with Gasteiger partial charge in [-0.15, -0.1) is 24.8 Å². The van der Waals surface area contributed by atoms with Crippen LogP contribution < -0.4 is 9.47 Å². The van der Waals surface area contributed by atoms with E-state index >= 15 is 0 Å². The van der Waals surface area contributed by atoms with Crippen LogP contribution in [0.2, 0.25) is 0 Å². The maximum Gasteiger partial charge on any atom is 0.122 e. The van der Waals surface area contributed by atoms with Gasteiger partial charge in [0, 0.05) is 44.8 Å². The first-order chi connectivity index (χ1) is 12.8. The Morgan fingerprint density at radius 1 is 0.929 bits per heavy atom. The van der Waals surface area contributed by atoms with Gasteiger partial charge in [-0.3, -0.25) is 9.80 Å². The van der Waals surface area contributed by atoms with E-state index in [9.17, 15) is 0 Å². The Morgan fingerprint density at radius 3 is 2.04 bits per heavy atom. The number of morpholine rings is 1. The molecule has 160 valence electrons. The third-order valence-electron chi connectivity index (χ3n) is 6.39. The van der Waals surface area contributed by atoms with E-state index in [1.54, 1.807) is 14.2 Å². The fourth-order valence-electron chi connectivity index (χ4n) is 5.32. The Bertz CT molecular complexity index is 577. The van der Waals surface area contributed by atoms with Gasteiger partial charge in [-0.05, 0) is 42.4 Å². The molecule has 1 aromatic carbocycles. The van der Waals surface area contributed by atoms with E-state index in [2.05, 4.69) is 21.9 Å². The molecule has 3 aliphatic rings. The number of nitrogens with zero attached hydrogens (tertiary/aromatic N) is 2. The van der Waals surface area contributed by atoms with E-state index in [1.165, 1.54) is 37.9 Å². The zero-order valence-electron chi connectivity index (χ0n) is 17.0. The predicted molar refractivity (Wildman–Crippen MR) is 116 cm³/mol. The zero-order valence-corrected chi connectivity index (χ0v) is 18.6. The molecule has 2 saturated heterocycles. The molecule has 2 heterocycles. The Kier molecular flexibility index (Phi) is 9.16. The molecule has 5 nitrogen and oxygen atoms in total. The van der Waals surface area contributed by atoms with Crippen molar-refractivity contribution in [1.29, 1.82) is 0 Å². The number of methoxy groups -OCH3 is 2. The monoisotopic (exact) mass is 432 g/mol. The molecule has 2 bridgehead atoms. The third kappa shape index (κ3) is 5.25. The van der Waals surface area contributed by atoms with Gasteiger partial charge in [0.2, 0.25) is 0 Å². The first kappa shape index (κ1) is 23.6. The van der Waals surface area contributed by atoms with Crippen molar-refractivity contribution >= 4 is 24.8 Å². The Labute approximate surface area is 181 Å². The summed E-state index contributed by atoms with van der Waals surface area (Å²) < 4.78 is 16.5. The lowest BCUT2D eigenvalue weighted by Crippen LogP contribution is -2.59. The lowest BCUT2D eigenvalue weighted by molar-refractivity contribution is -0.0623. The summed E-state index contributed by atoms with van der Waals surface area (Å²) >= 11 is 0. The molecular weight excluding hydrogens is 399 g/mol. The van der Waals surface area contributed by atoms with Gasteiger partial charge in [-0.25, -0.2) is 0 Å². The van der Waals surface area contributed by atoms with Crippen molar-refractivity contribution in [2.75, 3.05) is 53.6 Å². The lowest BCUT2D eigenvalue weighted by atomic mass is 9.72. The molecule has 1 aromatic rings. The second kappa shape index (κ2) is 10.9. The summed E-state index contributed by atoms with van der Waals surface area (Å²) in [6, 6.07) is 7.01. The molecule has 3 fully saturated rings. The highest BCUT2D eigenvalue weighted by atomic mass is 35.5. The molecule has 7 heteroatoms. The molecule has 4 rings (SSSR count). The highest BCUT2D eigenvalue weighted by Crippen LogP contribution is 2.39. The van der Waals surface area contributed by atoms with Crippen molar-refractivity contribution in [2.24, 2.45) is 11.8 Å². The van der Waals surface area contributed by atoms with E-state index < -0.39 is 0 Å². The van der Waals surface area contributed by atoms with Crippen molar-refractivity contribution in [3.05, 3.63) is 23.8 Å². The summed E-state index contributed by atoms with van der Waals surface area (Å²) in [6.45, 7) is 7.44. The fraction of sp³-hybridized carbons (Fsp3) is 0.714. The van der Waals surface area contributed by atoms with E-state index in [4.69, 9.17) is 14.2 Å². The molecule has 0 spiro atoms. The highest BCUT2D eigenvalue weighted by Gasteiger charge is 2.42. The molecule has 0 N–H and O–H groups in total. The van der Waals surface area contributed by atoms with E-state index in [0.717, 1.165) is 62.2 Å². The minimum atomic E-state index is 0. The summed E-state index contributed by atoms with van der Waals surface area (Å²) in [4.78, 5) is 5.38. The zero-order chi connectivity index (χ0) is 17.9. The van der Waals surface area contributed by atoms with Gasteiger partial charge in [0.05, 0.1) is 27.4 Å². The number of fused-ring (bicyclic) bond motifs is 2. The number of halogens is 2. The summed E-state index contributed by atoms with van der Waals surface area (Å²) in [5.41, 5.74) is 1.28. The van der Waals surface area contributed by atoms with Crippen LogP contribution in [0.1, 0.15) is 24.8 Å². The van der Waals surface area contributed by atoms with Crippen LogP contribution in [0.15, 0.2) is 18.2 Å². The maximum absolute atomic E-state index is 5.58. The Balaban J connectivity index is 0.00000140. The van der Waals surface area contributed by atoms with Crippen molar-refractivity contribution in [1.82, 2.24) is 9.80 Å². The minimum absolute atomic E-state index is 0. The molecule has 2 atom stereocenters. The van der Waals surface area contributed by atoms with E-state index in [1.807, 2.05) is 6.07 Å². The lowest BCUT2D eigenvalue weighted by Gasteiger charge is -2.52. The van der Waals surface area contributed by atoms with Gasteiger partial charge in [0.25, 0.3) is 0 Å². The fourth-order valence-corrected chi connectivity index (χ4v) is 5.32. The van der Waals surface area contributed by atoms with Gasteiger partial charge < -0.3 is 14.2 Å². The van der Waals surface area contributed by atoms with Crippen LogP contribution in [-0.4, -0.2) is 69.5 Å². The van der Waals surface area contributed by atoms with Crippen LogP contribution in [0.4, 0.5) is 0 Å². The topological polar surface area (TPSA) is 34.2 Å². The number of piperidine rings is 1. The first-order valence-corrected chi connectivity index (χ1v) is 10.0. The van der Waals surface area contributed by atoms with E-state index in [-0.39, 0.29) is 24.8 Å². The van der Waals surface area contributed by atoms with Gasteiger partial charge in [-0.1, -0.05) is 6.42 Å². The third-order valence-corrected chi connectivity index (χ3v) is 6.39. The normalized spacial score (nSPS) is 28.0. The van der Waals surface area contributed by atoms with Crippen molar-refractivity contribution < 1.29 is 14.2 Å². The van der Waals surface area contributed by atoms with Crippen LogP contribution in [0.3, 0.4) is 0 Å². The maximum atomic E-state index is 5.58. The molecule has 2 unspecified atom stereocenters. The molecule has 1 saturated carbocycles. The van der Waals surface area contributed by atoms with Crippen LogP contribution in [-0.2, 0) is 11.3 Å². The van der Waals surface area contributed by atoms with Gasteiger partial charge in [0.1, 0.15) is 11.5 Å². The second-order valence-corrected chi connectivity index (χ2v) is 8.00. The standard InChI is InChI=1S/C21H32N2O3.2ClH/c1-24-19-10-16(11-20(12-19)25-2)13-22-14-17-4-3-5-18(15-22)21(17)23-6-8-26-9-7-23;;/h10-12,17-18,21H,3-9,13-15H2,1-2H3;2*1H.